The second kappa shape index (κ2) is 6.64. The van der Waals surface area contributed by atoms with Crippen molar-refractivity contribution in [2.24, 2.45) is 0 Å². The van der Waals surface area contributed by atoms with E-state index in [0.717, 1.165) is 29.4 Å². The summed E-state index contributed by atoms with van der Waals surface area (Å²) in [7, 11) is 3.73. The maximum Gasteiger partial charge on any atom is 0.125 e. The molecule has 0 saturated carbocycles. The van der Waals surface area contributed by atoms with Crippen molar-refractivity contribution < 1.29 is 4.74 Å². The van der Waals surface area contributed by atoms with Crippen LogP contribution in [0.2, 0.25) is 5.02 Å². The minimum absolute atomic E-state index is 0.711. The van der Waals surface area contributed by atoms with E-state index in [9.17, 15) is 0 Å². The van der Waals surface area contributed by atoms with E-state index < -0.39 is 0 Å². The van der Waals surface area contributed by atoms with Crippen molar-refractivity contribution in [2.75, 3.05) is 19.9 Å². The van der Waals surface area contributed by atoms with Gasteiger partial charge in [-0.25, -0.2) is 0 Å². The van der Waals surface area contributed by atoms with Gasteiger partial charge in [-0.3, -0.25) is 4.90 Å². The van der Waals surface area contributed by atoms with E-state index in [-0.39, 0.29) is 0 Å². The van der Waals surface area contributed by atoms with Gasteiger partial charge >= 0.3 is 0 Å². The van der Waals surface area contributed by atoms with Crippen LogP contribution in [0.25, 0.3) is 0 Å². The minimum atomic E-state index is 0.711. The highest BCUT2D eigenvalue weighted by atomic mass is 35.5. The van der Waals surface area contributed by atoms with Gasteiger partial charge in [0, 0.05) is 35.4 Å². The van der Waals surface area contributed by atoms with E-state index in [1.807, 2.05) is 36.4 Å². The molecule has 0 aliphatic rings. The third-order valence-electron chi connectivity index (χ3n) is 3.09. The molecule has 0 atom stereocenters. The highest BCUT2D eigenvalue weighted by molar-refractivity contribution is 6.30. The second-order valence-electron chi connectivity index (χ2n) is 4.87. The Kier molecular flexibility index (Phi) is 4.88. The second-order valence-corrected chi connectivity index (χ2v) is 5.31. The molecule has 0 heterocycles. The molecule has 20 heavy (non-hydrogen) atoms. The summed E-state index contributed by atoms with van der Waals surface area (Å²) in [6.45, 7) is 1.62. The van der Waals surface area contributed by atoms with Crippen molar-refractivity contribution in [3.63, 3.8) is 0 Å². The Hall–Kier alpha value is -1.71. The summed E-state index contributed by atoms with van der Waals surface area (Å²) >= 11 is 6.00. The molecule has 2 N–H and O–H groups in total. The van der Waals surface area contributed by atoms with E-state index in [1.165, 1.54) is 5.56 Å². The number of ether oxygens (including phenoxy) is 1. The summed E-state index contributed by atoms with van der Waals surface area (Å²) in [5, 5.41) is 0.765. The van der Waals surface area contributed by atoms with E-state index in [2.05, 4.69) is 18.0 Å². The summed E-state index contributed by atoms with van der Waals surface area (Å²) in [5.74, 6) is 0.822. The van der Waals surface area contributed by atoms with Crippen LogP contribution in [-0.4, -0.2) is 19.1 Å². The van der Waals surface area contributed by atoms with Crippen molar-refractivity contribution >= 4 is 17.3 Å². The van der Waals surface area contributed by atoms with Gasteiger partial charge < -0.3 is 10.5 Å². The lowest BCUT2D eigenvalue weighted by Gasteiger charge is -2.19. The quantitative estimate of drug-likeness (QED) is 0.856. The van der Waals surface area contributed by atoms with Crippen LogP contribution < -0.4 is 10.5 Å². The molecular formula is C16H19ClN2O. The molecule has 106 valence electrons. The van der Waals surface area contributed by atoms with Gasteiger partial charge in [-0.2, -0.15) is 0 Å². The zero-order valence-corrected chi connectivity index (χ0v) is 12.5. The average molecular weight is 291 g/mol. The molecule has 2 rings (SSSR count). The van der Waals surface area contributed by atoms with E-state index in [1.54, 1.807) is 7.11 Å². The van der Waals surface area contributed by atoms with Crippen LogP contribution in [0.3, 0.4) is 0 Å². The first kappa shape index (κ1) is 14.7. The van der Waals surface area contributed by atoms with E-state index >= 15 is 0 Å². The maximum absolute atomic E-state index is 6.00. The van der Waals surface area contributed by atoms with E-state index in [0.29, 0.717) is 5.69 Å². The SMILES string of the molecule is COc1cc(N)ccc1CN(C)Cc1cccc(Cl)c1. The monoisotopic (exact) mass is 290 g/mol. The first-order chi connectivity index (χ1) is 9.58. The van der Waals surface area contributed by atoms with E-state index in [4.69, 9.17) is 22.1 Å². The summed E-state index contributed by atoms with van der Waals surface area (Å²) in [4.78, 5) is 2.21. The highest BCUT2D eigenvalue weighted by Gasteiger charge is 2.07. The molecule has 0 radical (unpaired) electrons. The van der Waals surface area contributed by atoms with Crippen LogP contribution >= 0.6 is 11.6 Å². The van der Waals surface area contributed by atoms with Gasteiger partial charge in [0.25, 0.3) is 0 Å². The molecule has 4 heteroatoms. The molecule has 0 spiro atoms. The van der Waals surface area contributed by atoms with Gasteiger partial charge in [-0.1, -0.05) is 29.8 Å². The number of methoxy groups -OCH3 is 1. The highest BCUT2D eigenvalue weighted by Crippen LogP contribution is 2.23. The number of nitrogens with zero attached hydrogens (tertiary/aromatic N) is 1. The molecule has 2 aromatic rings. The van der Waals surface area contributed by atoms with Crippen molar-refractivity contribution in [2.45, 2.75) is 13.1 Å². The number of rotatable bonds is 5. The number of hydrogen-bond acceptors (Lipinski definition) is 3. The first-order valence-electron chi connectivity index (χ1n) is 6.44. The van der Waals surface area contributed by atoms with Gasteiger partial charge in [-0.15, -0.1) is 0 Å². The molecule has 0 saturated heterocycles. The Bertz CT molecular complexity index is 586. The number of nitrogen functional groups attached to an aromatic ring is 1. The van der Waals surface area contributed by atoms with Crippen LogP contribution in [0.5, 0.6) is 5.75 Å². The number of hydrogen-bond donors (Lipinski definition) is 1. The number of halogens is 1. The summed E-state index contributed by atoms with van der Waals surface area (Å²) in [5.41, 5.74) is 8.78. The van der Waals surface area contributed by atoms with Gasteiger partial charge in [0.2, 0.25) is 0 Å². The molecule has 0 bridgehead atoms. The Balaban J connectivity index is 2.06. The molecule has 0 aromatic heterocycles. The summed E-state index contributed by atoms with van der Waals surface area (Å²) in [6.07, 6.45) is 0. The molecule has 0 aliphatic heterocycles. The number of anilines is 1. The van der Waals surface area contributed by atoms with Crippen LogP contribution in [0.15, 0.2) is 42.5 Å². The molecule has 0 unspecified atom stereocenters. The maximum atomic E-state index is 6.00. The zero-order chi connectivity index (χ0) is 14.5. The number of nitrogens with two attached hydrogens (primary N) is 1. The van der Waals surface area contributed by atoms with Crippen molar-refractivity contribution in [3.05, 3.63) is 58.6 Å². The lowest BCUT2D eigenvalue weighted by atomic mass is 10.1. The van der Waals surface area contributed by atoms with Gasteiger partial charge in [0.05, 0.1) is 7.11 Å². The molecule has 3 nitrogen and oxygen atoms in total. The molecule has 0 amide bonds. The van der Waals surface area contributed by atoms with Crippen LogP contribution in [0.1, 0.15) is 11.1 Å². The van der Waals surface area contributed by atoms with Gasteiger partial charge in [0.1, 0.15) is 5.75 Å². The predicted octanol–water partition coefficient (Wildman–Crippen LogP) is 3.56. The molecule has 0 aliphatic carbocycles. The average Bonchev–Trinajstić information content (AvgIpc) is 2.40. The first-order valence-corrected chi connectivity index (χ1v) is 6.81. The largest absolute Gasteiger partial charge is 0.496 e. The Morgan fingerprint density at radius 2 is 1.95 bits per heavy atom. The Morgan fingerprint density at radius 1 is 1.15 bits per heavy atom. The fourth-order valence-corrected chi connectivity index (χ4v) is 2.40. The van der Waals surface area contributed by atoms with Crippen LogP contribution in [0.4, 0.5) is 5.69 Å². The molecule has 0 fully saturated rings. The Morgan fingerprint density at radius 3 is 2.65 bits per heavy atom. The van der Waals surface area contributed by atoms with Crippen molar-refractivity contribution in [3.8, 4) is 5.75 Å². The lowest BCUT2D eigenvalue weighted by molar-refractivity contribution is 0.310. The Labute approximate surface area is 124 Å². The van der Waals surface area contributed by atoms with Crippen LogP contribution in [0, 0.1) is 0 Å². The molecule has 2 aromatic carbocycles. The topological polar surface area (TPSA) is 38.5 Å². The summed E-state index contributed by atoms with van der Waals surface area (Å²) in [6, 6.07) is 13.7. The van der Waals surface area contributed by atoms with Crippen molar-refractivity contribution in [1.29, 1.82) is 0 Å². The third-order valence-corrected chi connectivity index (χ3v) is 3.33. The smallest absolute Gasteiger partial charge is 0.125 e. The normalized spacial score (nSPS) is 10.8. The predicted molar refractivity (Wildman–Crippen MR) is 84.0 cm³/mol. The minimum Gasteiger partial charge on any atom is -0.496 e. The van der Waals surface area contributed by atoms with Gasteiger partial charge in [0.15, 0.2) is 0 Å². The lowest BCUT2D eigenvalue weighted by Crippen LogP contribution is -2.17. The van der Waals surface area contributed by atoms with Crippen molar-refractivity contribution in [1.82, 2.24) is 4.90 Å². The van der Waals surface area contributed by atoms with Gasteiger partial charge in [-0.05, 0) is 30.8 Å². The fourth-order valence-electron chi connectivity index (χ4n) is 2.19. The fraction of sp³-hybridized carbons (Fsp3) is 0.250. The zero-order valence-electron chi connectivity index (χ0n) is 11.8. The molecular weight excluding hydrogens is 272 g/mol. The number of benzene rings is 2. The summed E-state index contributed by atoms with van der Waals surface area (Å²) < 4.78 is 5.37. The third kappa shape index (κ3) is 3.89. The standard InChI is InChI=1S/C16H19ClN2O/c1-19(10-12-4-3-5-14(17)8-12)11-13-6-7-15(18)9-16(13)20-2/h3-9H,10-11,18H2,1-2H3. The van der Waals surface area contributed by atoms with Crippen LogP contribution in [-0.2, 0) is 13.1 Å².